The van der Waals surface area contributed by atoms with Gasteiger partial charge in [-0.1, -0.05) is 6.92 Å². The molecule has 8 heteroatoms. The Kier molecular flexibility index (Phi) is 4.10. The molecule has 1 aromatic rings. The van der Waals surface area contributed by atoms with Gasteiger partial charge in [0.15, 0.2) is 12.3 Å². The molecule has 0 amide bonds. The Morgan fingerprint density at radius 3 is 2.44 bits per heavy atom. The molecule has 0 unspecified atom stereocenters. The largest absolute Gasteiger partial charge is 0.476 e. The maximum atomic E-state index is 12.0. The van der Waals surface area contributed by atoms with E-state index in [0.29, 0.717) is 12.0 Å². The van der Waals surface area contributed by atoms with Gasteiger partial charge in [-0.05, 0) is 18.9 Å². The fourth-order valence-electron chi connectivity index (χ4n) is 1.43. The summed E-state index contributed by atoms with van der Waals surface area (Å²) >= 11 is 0. The molecule has 18 heavy (non-hydrogen) atoms. The van der Waals surface area contributed by atoms with Crippen molar-refractivity contribution in [1.29, 1.82) is 0 Å². The predicted molar refractivity (Wildman–Crippen MR) is 54.7 cm³/mol. The molecule has 0 bridgehead atoms. The fourth-order valence-corrected chi connectivity index (χ4v) is 1.43. The van der Waals surface area contributed by atoms with Crippen LogP contribution in [-0.2, 0) is 6.42 Å². The smallest absolute Gasteiger partial charge is 0.422 e. The van der Waals surface area contributed by atoms with Crippen LogP contribution in [0.1, 0.15) is 28.5 Å². The Balaban J connectivity index is 3.06. The van der Waals surface area contributed by atoms with Crippen molar-refractivity contribution in [2.75, 3.05) is 6.61 Å². The first-order valence-corrected chi connectivity index (χ1v) is 5.05. The van der Waals surface area contributed by atoms with E-state index in [-0.39, 0.29) is 17.1 Å². The first kappa shape index (κ1) is 14.2. The van der Waals surface area contributed by atoms with E-state index >= 15 is 0 Å². The Morgan fingerprint density at radius 1 is 1.39 bits per heavy atom. The molecule has 1 heterocycles. The van der Waals surface area contributed by atoms with E-state index in [1.807, 2.05) is 0 Å². The highest BCUT2D eigenvalue weighted by Gasteiger charge is 2.29. The molecule has 0 fully saturated rings. The number of carbonyl (C=O) groups is 1. The standard InChI is InChI=1S/C10H11F3N2O3/c1-3-6-5(2)8(18-4-10(11,12)13)15-14-7(6)9(16)17/h3-4H2,1-2H3,(H,16,17). The van der Waals surface area contributed by atoms with Gasteiger partial charge in [0.2, 0.25) is 5.88 Å². The highest BCUT2D eigenvalue weighted by molar-refractivity contribution is 5.87. The molecule has 1 aromatic heterocycles. The van der Waals surface area contributed by atoms with Gasteiger partial charge in [-0.25, -0.2) is 4.79 Å². The number of rotatable bonds is 4. The summed E-state index contributed by atoms with van der Waals surface area (Å²) in [5, 5.41) is 15.6. The van der Waals surface area contributed by atoms with Crippen LogP contribution in [-0.4, -0.2) is 34.1 Å². The van der Waals surface area contributed by atoms with Crippen molar-refractivity contribution in [3.63, 3.8) is 0 Å². The zero-order valence-electron chi connectivity index (χ0n) is 9.71. The molecule has 0 aliphatic heterocycles. The van der Waals surface area contributed by atoms with Crippen LogP contribution < -0.4 is 4.74 Å². The van der Waals surface area contributed by atoms with Gasteiger partial charge >= 0.3 is 12.1 Å². The summed E-state index contributed by atoms with van der Waals surface area (Å²) in [6, 6.07) is 0. The van der Waals surface area contributed by atoms with Gasteiger partial charge in [-0.15, -0.1) is 10.2 Å². The van der Waals surface area contributed by atoms with Crippen molar-refractivity contribution in [1.82, 2.24) is 10.2 Å². The third-order valence-electron chi connectivity index (χ3n) is 2.23. The van der Waals surface area contributed by atoms with Gasteiger partial charge in [0.1, 0.15) is 0 Å². The Labute approximate surface area is 101 Å². The third-order valence-corrected chi connectivity index (χ3v) is 2.23. The lowest BCUT2D eigenvalue weighted by Gasteiger charge is -2.12. The lowest BCUT2D eigenvalue weighted by atomic mass is 10.1. The molecular weight excluding hydrogens is 253 g/mol. The fraction of sp³-hybridized carbons (Fsp3) is 0.500. The molecule has 0 aromatic carbocycles. The van der Waals surface area contributed by atoms with Crippen LogP contribution in [0.2, 0.25) is 0 Å². The van der Waals surface area contributed by atoms with Crippen LogP contribution in [0, 0.1) is 6.92 Å². The molecule has 0 saturated heterocycles. The van der Waals surface area contributed by atoms with Gasteiger partial charge in [0.25, 0.3) is 0 Å². The minimum atomic E-state index is -4.48. The third kappa shape index (κ3) is 3.31. The number of alkyl halides is 3. The Morgan fingerprint density at radius 2 is 2.00 bits per heavy atom. The zero-order valence-corrected chi connectivity index (χ0v) is 9.71. The van der Waals surface area contributed by atoms with Crippen molar-refractivity contribution in [2.45, 2.75) is 26.4 Å². The molecule has 0 spiro atoms. The van der Waals surface area contributed by atoms with Gasteiger partial charge in [-0.3, -0.25) is 0 Å². The van der Waals surface area contributed by atoms with Gasteiger partial charge in [0.05, 0.1) is 0 Å². The van der Waals surface area contributed by atoms with Crippen LogP contribution in [0.25, 0.3) is 0 Å². The van der Waals surface area contributed by atoms with E-state index in [0.717, 1.165) is 0 Å². The number of carboxylic acids is 1. The maximum Gasteiger partial charge on any atom is 0.422 e. The summed E-state index contributed by atoms with van der Waals surface area (Å²) in [5.41, 5.74) is 0.304. The number of hydrogen-bond acceptors (Lipinski definition) is 4. The topological polar surface area (TPSA) is 72.3 Å². The number of halogens is 3. The van der Waals surface area contributed by atoms with E-state index in [1.54, 1.807) is 6.92 Å². The number of carboxylic acid groups (broad SMARTS) is 1. The molecule has 1 N–H and O–H groups in total. The second kappa shape index (κ2) is 5.19. The monoisotopic (exact) mass is 264 g/mol. The van der Waals surface area contributed by atoms with Gasteiger partial charge in [-0.2, -0.15) is 13.2 Å². The first-order valence-electron chi connectivity index (χ1n) is 5.05. The van der Waals surface area contributed by atoms with Crippen LogP contribution in [0.3, 0.4) is 0 Å². The normalized spacial score (nSPS) is 11.4. The van der Waals surface area contributed by atoms with E-state index in [2.05, 4.69) is 14.9 Å². The van der Waals surface area contributed by atoms with E-state index in [4.69, 9.17) is 5.11 Å². The zero-order chi connectivity index (χ0) is 13.9. The number of aromatic carboxylic acids is 1. The van der Waals surface area contributed by atoms with Gasteiger partial charge in [0, 0.05) is 5.56 Å². The summed E-state index contributed by atoms with van der Waals surface area (Å²) in [6.45, 7) is 1.63. The molecule has 5 nitrogen and oxygen atoms in total. The molecule has 0 aliphatic carbocycles. The summed E-state index contributed by atoms with van der Waals surface area (Å²) in [4.78, 5) is 10.8. The van der Waals surface area contributed by atoms with Crippen LogP contribution >= 0.6 is 0 Å². The predicted octanol–water partition coefficient (Wildman–Crippen LogP) is 1.99. The Bertz CT molecular complexity index is 460. The van der Waals surface area contributed by atoms with Crippen molar-refractivity contribution < 1.29 is 27.8 Å². The average Bonchev–Trinajstić information content (AvgIpc) is 2.25. The number of hydrogen-bond donors (Lipinski definition) is 1. The van der Waals surface area contributed by atoms with Crippen molar-refractivity contribution in [3.05, 3.63) is 16.8 Å². The molecule has 0 radical (unpaired) electrons. The highest BCUT2D eigenvalue weighted by Crippen LogP contribution is 2.23. The quantitative estimate of drug-likeness (QED) is 0.900. The summed E-state index contributed by atoms with van der Waals surface area (Å²) < 4.78 is 40.5. The molecular formula is C10H11F3N2O3. The SMILES string of the molecule is CCc1c(C(=O)O)nnc(OCC(F)(F)F)c1C. The van der Waals surface area contributed by atoms with Gasteiger partial charge < -0.3 is 9.84 Å². The molecule has 0 atom stereocenters. The van der Waals surface area contributed by atoms with Crippen LogP contribution in [0.4, 0.5) is 13.2 Å². The second-order valence-electron chi connectivity index (χ2n) is 3.52. The van der Waals surface area contributed by atoms with Crippen LogP contribution in [0.5, 0.6) is 5.88 Å². The number of aromatic nitrogens is 2. The van der Waals surface area contributed by atoms with E-state index in [1.165, 1.54) is 6.92 Å². The van der Waals surface area contributed by atoms with Crippen molar-refractivity contribution >= 4 is 5.97 Å². The molecule has 100 valence electrons. The van der Waals surface area contributed by atoms with Crippen LogP contribution in [0.15, 0.2) is 0 Å². The summed E-state index contributed by atoms with van der Waals surface area (Å²) in [5.74, 6) is -1.57. The number of ether oxygens (including phenoxy) is 1. The van der Waals surface area contributed by atoms with E-state index < -0.39 is 18.8 Å². The highest BCUT2D eigenvalue weighted by atomic mass is 19.4. The van der Waals surface area contributed by atoms with Crippen molar-refractivity contribution in [3.8, 4) is 5.88 Å². The Hall–Kier alpha value is -1.86. The first-order chi connectivity index (χ1) is 8.26. The minimum Gasteiger partial charge on any atom is -0.476 e. The van der Waals surface area contributed by atoms with E-state index in [9.17, 15) is 18.0 Å². The lowest BCUT2D eigenvalue weighted by molar-refractivity contribution is -0.154. The molecule has 1 rings (SSSR count). The summed E-state index contributed by atoms with van der Waals surface area (Å²) in [6.07, 6.45) is -4.17. The van der Waals surface area contributed by atoms with Crippen molar-refractivity contribution in [2.24, 2.45) is 0 Å². The molecule has 0 saturated carbocycles. The number of nitrogens with zero attached hydrogens (tertiary/aromatic N) is 2. The second-order valence-corrected chi connectivity index (χ2v) is 3.52. The summed E-state index contributed by atoms with van der Waals surface area (Å²) in [7, 11) is 0. The maximum absolute atomic E-state index is 12.0. The minimum absolute atomic E-state index is 0.258. The molecule has 0 aliphatic rings. The lowest BCUT2D eigenvalue weighted by Crippen LogP contribution is -2.21. The average molecular weight is 264 g/mol.